The lowest BCUT2D eigenvalue weighted by atomic mass is 10.2. The molecule has 1 aliphatic heterocycles. The minimum atomic E-state index is -0.349. The van der Waals surface area contributed by atoms with Gasteiger partial charge in [0.2, 0.25) is 0 Å². The summed E-state index contributed by atoms with van der Waals surface area (Å²) >= 11 is 5.85. The van der Waals surface area contributed by atoms with E-state index in [9.17, 15) is 0 Å². The van der Waals surface area contributed by atoms with Crippen molar-refractivity contribution in [3.05, 3.63) is 0 Å². The molecule has 0 aromatic heterocycles. The molecular weight excluding hydrogens is 222 g/mol. The second-order valence-electron chi connectivity index (χ2n) is 4.87. The van der Waals surface area contributed by atoms with Crippen molar-refractivity contribution in [3.8, 4) is 6.07 Å². The maximum absolute atomic E-state index is 8.67. The molecule has 90 valence electrons. The Morgan fingerprint density at radius 3 is 2.38 bits per heavy atom. The summed E-state index contributed by atoms with van der Waals surface area (Å²) in [5, 5.41) is 8.32. The molecule has 1 aliphatic carbocycles. The van der Waals surface area contributed by atoms with Gasteiger partial charge in [-0.25, -0.2) is 0 Å². The van der Waals surface area contributed by atoms with Gasteiger partial charge in [0.1, 0.15) is 5.38 Å². The highest BCUT2D eigenvalue weighted by molar-refractivity contribution is 6.22. The van der Waals surface area contributed by atoms with Crippen LogP contribution in [0.2, 0.25) is 0 Å². The summed E-state index contributed by atoms with van der Waals surface area (Å²) in [7, 11) is 0. The Balaban J connectivity index is 1.72. The van der Waals surface area contributed by atoms with Crippen LogP contribution < -0.4 is 0 Å². The molecule has 4 heteroatoms. The van der Waals surface area contributed by atoms with Gasteiger partial charge in [0.15, 0.2) is 0 Å². The highest BCUT2D eigenvalue weighted by Crippen LogP contribution is 2.24. The van der Waals surface area contributed by atoms with Crippen LogP contribution in [-0.4, -0.2) is 53.9 Å². The van der Waals surface area contributed by atoms with E-state index in [-0.39, 0.29) is 5.38 Å². The van der Waals surface area contributed by atoms with Crippen molar-refractivity contribution in [2.75, 3.05) is 32.7 Å². The molecule has 2 rings (SSSR count). The molecular formula is C12H20ClN3. The standard InChI is InChI=1S/C12H20ClN3/c13-11(9-14)10-15-5-7-16(8-6-15)12-3-1-2-4-12/h11-12H,1-8,10H2. The largest absolute Gasteiger partial charge is 0.298 e. The average molecular weight is 242 g/mol. The first-order valence-electron chi connectivity index (χ1n) is 6.29. The molecule has 0 aromatic carbocycles. The molecule has 1 saturated heterocycles. The van der Waals surface area contributed by atoms with Gasteiger partial charge in [-0.1, -0.05) is 12.8 Å². The summed E-state index contributed by atoms with van der Waals surface area (Å²) in [6, 6.07) is 2.93. The van der Waals surface area contributed by atoms with Crippen LogP contribution in [0.15, 0.2) is 0 Å². The van der Waals surface area contributed by atoms with Gasteiger partial charge in [-0.15, -0.1) is 11.6 Å². The van der Waals surface area contributed by atoms with Crippen molar-refractivity contribution >= 4 is 11.6 Å². The van der Waals surface area contributed by atoms with E-state index in [1.807, 2.05) is 0 Å². The zero-order valence-corrected chi connectivity index (χ0v) is 10.5. The topological polar surface area (TPSA) is 30.3 Å². The Morgan fingerprint density at radius 2 is 1.81 bits per heavy atom. The number of hydrogen-bond donors (Lipinski definition) is 0. The Hall–Kier alpha value is -0.300. The predicted octanol–water partition coefficient (Wildman–Crippen LogP) is 1.68. The van der Waals surface area contributed by atoms with E-state index in [1.165, 1.54) is 25.7 Å². The second kappa shape index (κ2) is 5.86. The monoisotopic (exact) mass is 241 g/mol. The third-order valence-corrected chi connectivity index (χ3v) is 4.04. The summed E-state index contributed by atoms with van der Waals surface area (Å²) in [5.41, 5.74) is 0. The van der Waals surface area contributed by atoms with E-state index in [0.29, 0.717) is 0 Å². The molecule has 16 heavy (non-hydrogen) atoms. The van der Waals surface area contributed by atoms with Crippen LogP contribution in [0.4, 0.5) is 0 Å². The molecule has 1 heterocycles. The Labute approximate surface area is 103 Å². The maximum atomic E-state index is 8.67. The van der Waals surface area contributed by atoms with E-state index < -0.39 is 0 Å². The third kappa shape index (κ3) is 3.10. The highest BCUT2D eigenvalue weighted by Gasteiger charge is 2.26. The van der Waals surface area contributed by atoms with Crippen molar-refractivity contribution in [1.82, 2.24) is 9.80 Å². The number of nitrogens with zero attached hydrogens (tertiary/aromatic N) is 3. The molecule has 0 amide bonds. The molecule has 1 atom stereocenters. The first-order chi connectivity index (χ1) is 7.79. The summed E-state index contributed by atoms with van der Waals surface area (Å²) in [6.07, 6.45) is 5.58. The fourth-order valence-corrected chi connectivity index (χ4v) is 3.04. The quantitative estimate of drug-likeness (QED) is 0.705. The van der Waals surface area contributed by atoms with Crippen LogP contribution in [0.1, 0.15) is 25.7 Å². The van der Waals surface area contributed by atoms with Crippen molar-refractivity contribution < 1.29 is 0 Å². The molecule has 0 aromatic rings. The third-order valence-electron chi connectivity index (χ3n) is 3.81. The van der Waals surface area contributed by atoms with E-state index in [4.69, 9.17) is 16.9 Å². The number of hydrogen-bond acceptors (Lipinski definition) is 3. The summed E-state index contributed by atoms with van der Waals surface area (Å²) in [5.74, 6) is 0. The lowest BCUT2D eigenvalue weighted by Crippen LogP contribution is -2.50. The van der Waals surface area contributed by atoms with E-state index in [1.54, 1.807) is 0 Å². The lowest BCUT2D eigenvalue weighted by Gasteiger charge is -2.38. The fraction of sp³-hybridized carbons (Fsp3) is 0.917. The number of nitriles is 1. The smallest absolute Gasteiger partial charge is 0.133 e. The van der Waals surface area contributed by atoms with Crippen LogP contribution in [0.3, 0.4) is 0 Å². The Bertz CT molecular complexity index is 249. The lowest BCUT2D eigenvalue weighted by molar-refractivity contribution is 0.0998. The molecule has 1 unspecified atom stereocenters. The van der Waals surface area contributed by atoms with E-state index >= 15 is 0 Å². The molecule has 0 spiro atoms. The first-order valence-corrected chi connectivity index (χ1v) is 6.73. The average Bonchev–Trinajstić information content (AvgIpc) is 2.83. The summed E-state index contributed by atoms with van der Waals surface area (Å²) < 4.78 is 0. The second-order valence-corrected chi connectivity index (χ2v) is 5.40. The zero-order chi connectivity index (χ0) is 11.4. The van der Waals surface area contributed by atoms with Crippen molar-refractivity contribution in [1.29, 1.82) is 5.26 Å². The number of alkyl halides is 1. The number of rotatable bonds is 3. The Kier molecular flexibility index (Phi) is 4.45. The SMILES string of the molecule is N#CC(Cl)CN1CCN(C2CCCC2)CC1. The molecule has 2 fully saturated rings. The van der Waals surface area contributed by atoms with Crippen molar-refractivity contribution in [2.24, 2.45) is 0 Å². The van der Waals surface area contributed by atoms with Gasteiger partial charge in [0, 0.05) is 38.8 Å². The first kappa shape index (κ1) is 12.2. The Morgan fingerprint density at radius 1 is 1.19 bits per heavy atom. The van der Waals surface area contributed by atoms with Crippen LogP contribution in [0.5, 0.6) is 0 Å². The normalized spacial score (nSPS) is 26.8. The summed E-state index contributed by atoms with van der Waals surface area (Å²) in [4.78, 5) is 4.94. The zero-order valence-electron chi connectivity index (χ0n) is 9.74. The highest BCUT2D eigenvalue weighted by atomic mass is 35.5. The molecule has 3 nitrogen and oxygen atoms in total. The number of piperazine rings is 1. The van der Waals surface area contributed by atoms with E-state index in [2.05, 4.69) is 15.9 Å². The van der Waals surface area contributed by atoms with E-state index in [0.717, 1.165) is 38.8 Å². The number of halogens is 1. The molecule has 0 bridgehead atoms. The molecule has 0 radical (unpaired) electrons. The van der Waals surface area contributed by atoms with Gasteiger partial charge in [0.05, 0.1) is 6.07 Å². The fourth-order valence-electron chi connectivity index (χ4n) is 2.85. The summed E-state index contributed by atoms with van der Waals surface area (Å²) in [6.45, 7) is 5.17. The van der Waals surface area contributed by atoms with Gasteiger partial charge in [0.25, 0.3) is 0 Å². The predicted molar refractivity (Wildman–Crippen MR) is 65.5 cm³/mol. The van der Waals surface area contributed by atoms with Crippen LogP contribution in [0, 0.1) is 11.3 Å². The van der Waals surface area contributed by atoms with Gasteiger partial charge in [-0.2, -0.15) is 5.26 Å². The van der Waals surface area contributed by atoms with Crippen LogP contribution >= 0.6 is 11.6 Å². The molecule has 0 N–H and O–H groups in total. The van der Waals surface area contributed by atoms with Gasteiger partial charge in [-0.3, -0.25) is 9.80 Å². The van der Waals surface area contributed by atoms with Crippen LogP contribution in [-0.2, 0) is 0 Å². The maximum Gasteiger partial charge on any atom is 0.133 e. The minimum absolute atomic E-state index is 0.349. The van der Waals surface area contributed by atoms with Gasteiger partial charge in [-0.05, 0) is 12.8 Å². The van der Waals surface area contributed by atoms with Gasteiger partial charge < -0.3 is 0 Å². The van der Waals surface area contributed by atoms with Gasteiger partial charge >= 0.3 is 0 Å². The molecule has 1 saturated carbocycles. The van der Waals surface area contributed by atoms with Crippen LogP contribution in [0.25, 0.3) is 0 Å². The van der Waals surface area contributed by atoms with Crippen molar-refractivity contribution in [3.63, 3.8) is 0 Å². The molecule has 2 aliphatic rings. The van der Waals surface area contributed by atoms with Crippen molar-refractivity contribution in [2.45, 2.75) is 37.1 Å². The minimum Gasteiger partial charge on any atom is -0.298 e.